The van der Waals surface area contributed by atoms with Crippen LogP contribution in [0.1, 0.15) is 48.0 Å². The lowest BCUT2D eigenvalue weighted by Crippen LogP contribution is -2.44. The molecule has 1 N–H and O–H groups in total. The Morgan fingerprint density at radius 3 is 2.56 bits per heavy atom. The second kappa shape index (κ2) is 5.72. The molecule has 1 aliphatic heterocycles. The van der Waals surface area contributed by atoms with Gasteiger partial charge in [-0.15, -0.1) is 0 Å². The topological polar surface area (TPSA) is 50.7 Å². The van der Waals surface area contributed by atoms with E-state index in [0.717, 1.165) is 6.42 Å². The summed E-state index contributed by atoms with van der Waals surface area (Å²) >= 11 is 0. The van der Waals surface area contributed by atoms with E-state index in [1.165, 1.54) is 6.92 Å². The van der Waals surface area contributed by atoms with E-state index in [4.69, 9.17) is 4.74 Å². The van der Waals surface area contributed by atoms with Crippen molar-refractivity contribution in [2.45, 2.75) is 60.0 Å². The van der Waals surface area contributed by atoms with Gasteiger partial charge in [-0.3, -0.25) is 4.79 Å². The van der Waals surface area contributed by atoms with Crippen LogP contribution in [-0.2, 0) is 9.53 Å². The number of aliphatic imine (C=N–C) groups is 1. The van der Waals surface area contributed by atoms with Crippen molar-refractivity contribution >= 4 is 11.8 Å². The molecule has 1 amide bonds. The molecule has 0 radical (unpaired) electrons. The van der Waals surface area contributed by atoms with Crippen molar-refractivity contribution in [2.75, 3.05) is 6.61 Å². The van der Waals surface area contributed by atoms with Crippen LogP contribution in [0.3, 0.4) is 0 Å². The van der Waals surface area contributed by atoms with Crippen molar-refractivity contribution in [3.8, 4) is 0 Å². The third-order valence-corrected chi connectivity index (χ3v) is 3.51. The highest BCUT2D eigenvalue weighted by molar-refractivity contribution is 5.88. The van der Waals surface area contributed by atoms with Crippen molar-refractivity contribution in [1.29, 1.82) is 0 Å². The van der Waals surface area contributed by atoms with Gasteiger partial charge in [0.2, 0.25) is 11.8 Å². The summed E-state index contributed by atoms with van der Waals surface area (Å²) in [4.78, 5) is 15.9. The van der Waals surface area contributed by atoms with E-state index in [1.807, 2.05) is 0 Å². The summed E-state index contributed by atoms with van der Waals surface area (Å²) in [5.74, 6) is 0.983. The van der Waals surface area contributed by atoms with E-state index in [-0.39, 0.29) is 23.4 Å². The lowest BCUT2D eigenvalue weighted by atomic mass is 9.88. The Kier molecular flexibility index (Phi) is 4.77. The molecule has 2 unspecified atom stereocenters. The van der Waals surface area contributed by atoms with Gasteiger partial charge in [0.15, 0.2) is 0 Å². The van der Waals surface area contributed by atoms with Gasteiger partial charge in [-0.05, 0) is 11.3 Å². The first-order valence-corrected chi connectivity index (χ1v) is 6.73. The zero-order valence-corrected chi connectivity index (χ0v) is 12.4. The fourth-order valence-corrected chi connectivity index (χ4v) is 1.91. The van der Waals surface area contributed by atoms with Crippen LogP contribution in [0.15, 0.2) is 4.99 Å². The van der Waals surface area contributed by atoms with Crippen LogP contribution in [0.2, 0.25) is 0 Å². The molecule has 0 spiro atoms. The summed E-state index contributed by atoms with van der Waals surface area (Å²) in [5, 5.41) is 2.95. The first-order valence-electron chi connectivity index (χ1n) is 6.73. The second-order valence-electron chi connectivity index (χ2n) is 6.22. The molecule has 1 aliphatic rings. The third kappa shape index (κ3) is 3.72. The smallest absolute Gasteiger partial charge is 0.217 e. The van der Waals surface area contributed by atoms with E-state index in [9.17, 15) is 4.79 Å². The van der Waals surface area contributed by atoms with Crippen LogP contribution in [0.4, 0.5) is 0 Å². The lowest BCUT2D eigenvalue weighted by Gasteiger charge is -2.23. The van der Waals surface area contributed by atoms with E-state index in [0.29, 0.717) is 18.4 Å². The highest BCUT2D eigenvalue weighted by Crippen LogP contribution is 2.27. The van der Waals surface area contributed by atoms with Gasteiger partial charge < -0.3 is 10.1 Å². The molecule has 4 nitrogen and oxygen atoms in total. The van der Waals surface area contributed by atoms with Crippen molar-refractivity contribution in [2.24, 2.45) is 16.3 Å². The molecule has 0 aliphatic carbocycles. The van der Waals surface area contributed by atoms with E-state index in [1.54, 1.807) is 0 Å². The Labute approximate surface area is 110 Å². The number of amides is 1. The van der Waals surface area contributed by atoms with Crippen LogP contribution < -0.4 is 5.32 Å². The Morgan fingerprint density at radius 1 is 1.56 bits per heavy atom. The highest BCUT2D eigenvalue weighted by atomic mass is 16.5. The SMILES string of the molecule is CCC(C)C(NC(C)=O)C1=N[C@@H](C(C)(C)C)CO1. The number of hydrogen-bond donors (Lipinski definition) is 1. The van der Waals surface area contributed by atoms with Crippen LogP contribution >= 0.6 is 0 Å². The quantitative estimate of drug-likeness (QED) is 0.837. The minimum atomic E-state index is -0.0974. The molecule has 0 aromatic rings. The number of carbonyl (C=O) groups is 1. The average molecular weight is 254 g/mol. The number of carbonyl (C=O) groups excluding carboxylic acids is 1. The molecule has 4 heteroatoms. The van der Waals surface area contributed by atoms with Crippen LogP contribution in [0, 0.1) is 11.3 Å². The minimum Gasteiger partial charge on any atom is -0.477 e. The van der Waals surface area contributed by atoms with E-state index >= 15 is 0 Å². The molecule has 3 atom stereocenters. The Morgan fingerprint density at radius 2 is 2.17 bits per heavy atom. The summed E-state index contributed by atoms with van der Waals surface area (Å²) in [6.45, 7) is 12.8. The van der Waals surface area contributed by atoms with Gasteiger partial charge in [0, 0.05) is 6.92 Å². The zero-order valence-electron chi connectivity index (χ0n) is 12.4. The van der Waals surface area contributed by atoms with Gasteiger partial charge >= 0.3 is 0 Å². The van der Waals surface area contributed by atoms with Crippen molar-refractivity contribution in [1.82, 2.24) is 5.32 Å². The van der Waals surface area contributed by atoms with Crippen LogP contribution in [-0.4, -0.2) is 30.5 Å². The number of rotatable bonds is 4. The Hall–Kier alpha value is -1.06. The average Bonchev–Trinajstić information content (AvgIpc) is 2.73. The van der Waals surface area contributed by atoms with Crippen molar-refractivity contribution in [3.63, 3.8) is 0 Å². The van der Waals surface area contributed by atoms with E-state index in [2.05, 4.69) is 44.9 Å². The van der Waals surface area contributed by atoms with Gasteiger partial charge in [-0.25, -0.2) is 4.99 Å². The molecule has 18 heavy (non-hydrogen) atoms. The van der Waals surface area contributed by atoms with Crippen LogP contribution in [0.5, 0.6) is 0 Å². The van der Waals surface area contributed by atoms with Gasteiger partial charge in [-0.1, -0.05) is 41.0 Å². The van der Waals surface area contributed by atoms with Gasteiger partial charge in [0.05, 0.1) is 6.04 Å². The minimum absolute atomic E-state index is 0.0363. The Bertz CT molecular complexity index is 331. The fourth-order valence-electron chi connectivity index (χ4n) is 1.91. The molecule has 0 saturated carbocycles. The predicted octanol–water partition coefficient (Wildman–Crippen LogP) is 2.38. The molecule has 0 fully saturated rings. The maximum absolute atomic E-state index is 11.3. The highest BCUT2D eigenvalue weighted by Gasteiger charge is 2.34. The van der Waals surface area contributed by atoms with Gasteiger partial charge in [0.25, 0.3) is 0 Å². The zero-order chi connectivity index (χ0) is 13.9. The largest absolute Gasteiger partial charge is 0.477 e. The monoisotopic (exact) mass is 254 g/mol. The summed E-state index contributed by atoms with van der Waals surface area (Å²) in [6, 6.07) is 0.0765. The molecule has 104 valence electrons. The molecule has 0 aromatic carbocycles. The molecular weight excluding hydrogens is 228 g/mol. The first-order chi connectivity index (χ1) is 8.25. The van der Waals surface area contributed by atoms with Gasteiger partial charge in [0.1, 0.15) is 12.6 Å². The fraction of sp³-hybridized carbons (Fsp3) is 0.857. The lowest BCUT2D eigenvalue weighted by molar-refractivity contribution is -0.119. The molecule has 0 bridgehead atoms. The van der Waals surface area contributed by atoms with Crippen molar-refractivity contribution in [3.05, 3.63) is 0 Å². The van der Waals surface area contributed by atoms with Crippen molar-refractivity contribution < 1.29 is 9.53 Å². The number of ether oxygens (including phenoxy) is 1. The summed E-state index contributed by atoms with van der Waals surface area (Å²) in [6.07, 6.45) is 0.980. The second-order valence-corrected chi connectivity index (χ2v) is 6.22. The number of hydrogen-bond acceptors (Lipinski definition) is 3. The molecule has 1 heterocycles. The third-order valence-electron chi connectivity index (χ3n) is 3.51. The van der Waals surface area contributed by atoms with Gasteiger partial charge in [-0.2, -0.15) is 0 Å². The number of nitrogens with one attached hydrogen (secondary N) is 1. The Balaban J connectivity index is 2.84. The summed E-state index contributed by atoms with van der Waals surface area (Å²) < 4.78 is 5.71. The molecular formula is C14H26N2O2. The molecule has 0 aromatic heterocycles. The summed E-state index contributed by atoms with van der Waals surface area (Å²) in [5.41, 5.74) is 0.0952. The van der Waals surface area contributed by atoms with Crippen LogP contribution in [0.25, 0.3) is 0 Å². The predicted molar refractivity (Wildman–Crippen MR) is 73.7 cm³/mol. The first kappa shape index (κ1) is 15.0. The maximum atomic E-state index is 11.3. The standard InChI is InChI=1S/C14H26N2O2/c1-7-9(2)12(15-10(3)17)13-16-11(8-18-13)14(4,5)6/h9,11-12H,7-8H2,1-6H3,(H,15,17)/t9?,11-,12?/m1/s1. The number of nitrogens with zero attached hydrogens (tertiary/aromatic N) is 1. The normalized spacial score (nSPS) is 23.0. The molecule has 1 rings (SSSR count). The maximum Gasteiger partial charge on any atom is 0.217 e. The molecule has 0 saturated heterocycles. The van der Waals surface area contributed by atoms with E-state index < -0.39 is 0 Å². The summed E-state index contributed by atoms with van der Waals surface area (Å²) in [7, 11) is 0.